The Morgan fingerprint density at radius 1 is 1.06 bits per heavy atom. The Labute approximate surface area is 206 Å². The standard InChI is InChI=1S/C24H26N4O6S/c1-32-17-8-15(9-18(11-17)33-2)22(30)28-6-4-14(5-7-28)21(29)27-24-26-20(13-35-24)16-10-19(25-12-16)23(31)34-3/h8-14,25H,4-7H2,1-3H3,(H,26,27,29). The summed E-state index contributed by atoms with van der Waals surface area (Å²) in [6.45, 7) is 0.943. The van der Waals surface area contributed by atoms with E-state index in [-0.39, 0.29) is 17.7 Å². The predicted octanol–water partition coefficient (Wildman–Crippen LogP) is 3.43. The van der Waals surface area contributed by atoms with Crippen molar-refractivity contribution in [3.8, 4) is 22.8 Å². The number of rotatable bonds is 7. The number of benzene rings is 1. The predicted molar refractivity (Wildman–Crippen MR) is 130 cm³/mol. The van der Waals surface area contributed by atoms with Crippen LogP contribution in [-0.4, -0.2) is 67.1 Å². The van der Waals surface area contributed by atoms with Gasteiger partial charge in [0, 0.05) is 47.8 Å². The van der Waals surface area contributed by atoms with Gasteiger partial charge in [-0.1, -0.05) is 0 Å². The first-order chi connectivity index (χ1) is 16.9. The van der Waals surface area contributed by atoms with Crippen molar-refractivity contribution < 1.29 is 28.6 Å². The Balaban J connectivity index is 1.33. The minimum Gasteiger partial charge on any atom is -0.497 e. The number of hydrogen-bond donors (Lipinski definition) is 2. The third-order valence-electron chi connectivity index (χ3n) is 5.87. The van der Waals surface area contributed by atoms with Crippen LogP contribution in [0.3, 0.4) is 0 Å². The highest BCUT2D eigenvalue weighted by atomic mass is 32.1. The maximum Gasteiger partial charge on any atom is 0.354 e. The summed E-state index contributed by atoms with van der Waals surface area (Å²) < 4.78 is 15.2. The number of anilines is 1. The summed E-state index contributed by atoms with van der Waals surface area (Å²) in [4.78, 5) is 46.5. The van der Waals surface area contributed by atoms with Gasteiger partial charge in [0.2, 0.25) is 5.91 Å². The summed E-state index contributed by atoms with van der Waals surface area (Å²) in [6, 6.07) is 6.73. The zero-order valence-electron chi connectivity index (χ0n) is 19.6. The van der Waals surface area contributed by atoms with Crippen molar-refractivity contribution in [3.63, 3.8) is 0 Å². The van der Waals surface area contributed by atoms with Crippen molar-refractivity contribution in [2.45, 2.75) is 12.8 Å². The van der Waals surface area contributed by atoms with Gasteiger partial charge in [-0.05, 0) is 31.0 Å². The van der Waals surface area contributed by atoms with Crippen molar-refractivity contribution in [1.82, 2.24) is 14.9 Å². The molecule has 10 nitrogen and oxygen atoms in total. The molecule has 1 aromatic carbocycles. The van der Waals surface area contributed by atoms with Crippen molar-refractivity contribution >= 4 is 34.3 Å². The van der Waals surface area contributed by atoms with Gasteiger partial charge in [-0.15, -0.1) is 11.3 Å². The number of piperidine rings is 1. The van der Waals surface area contributed by atoms with Gasteiger partial charge in [0.25, 0.3) is 5.91 Å². The summed E-state index contributed by atoms with van der Waals surface area (Å²) in [5.74, 6) is 0.172. The zero-order valence-corrected chi connectivity index (χ0v) is 20.4. The van der Waals surface area contributed by atoms with Crippen LogP contribution in [0.5, 0.6) is 11.5 Å². The smallest absolute Gasteiger partial charge is 0.354 e. The lowest BCUT2D eigenvalue weighted by atomic mass is 9.95. The van der Waals surface area contributed by atoms with Crippen LogP contribution >= 0.6 is 11.3 Å². The number of nitrogens with one attached hydrogen (secondary N) is 2. The molecule has 2 aromatic heterocycles. The average Bonchev–Trinajstić information content (AvgIpc) is 3.57. The molecule has 0 unspecified atom stereocenters. The van der Waals surface area contributed by atoms with E-state index in [1.807, 2.05) is 5.38 Å². The van der Waals surface area contributed by atoms with Crippen LogP contribution < -0.4 is 14.8 Å². The Morgan fingerprint density at radius 3 is 2.37 bits per heavy atom. The number of aromatic amines is 1. The molecule has 184 valence electrons. The van der Waals surface area contributed by atoms with Gasteiger partial charge in [0.15, 0.2) is 5.13 Å². The van der Waals surface area contributed by atoms with Crippen LogP contribution in [-0.2, 0) is 9.53 Å². The van der Waals surface area contributed by atoms with E-state index >= 15 is 0 Å². The second-order valence-corrected chi connectivity index (χ2v) is 8.85. The normalized spacial score (nSPS) is 13.9. The number of ether oxygens (including phenoxy) is 3. The van der Waals surface area contributed by atoms with Crippen molar-refractivity contribution in [2.75, 3.05) is 39.7 Å². The number of carbonyl (C=O) groups excluding carboxylic acids is 3. The molecular formula is C24H26N4O6S. The lowest BCUT2D eigenvalue weighted by molar-refractivity contribution is -0.121. The van der Waals surface area contributed by atoms with E-state index in [9.17, 15) is 14.4 Å². The number of nitrogens with zero attached hydrogens (tertiary/aromatic N) is 2. The first-order valence-corrected chi connectivity index (χ1v) is 11.9. The molecule has 4 rings (SSSR count). The van der Waals surface area contributed by atoms with Gasteiger partial charge in [-0.25, -0.2) is 9.78 Å². The van der Waals surface area contributed by atoms with Crippen LogP contribution in [0, 0.1) is 5.92 Å². The van der Waals surface area contributed by atoms with Crippen LogP contribution in [0.2, 0.25) is 0 Å². The van der Waals surface area contributed by atoms with E-state index in [0.29, 0.717) is 59.5 Å². The van der Waals surface area contributed by atoms with E-state index in [1.54, 1.807) is 35.4 Å². The summed E-state index contributed by atoms with van der Waals surface area (Å²) in [6.07, 6.45) is 2.77. The molecular weight excluding hydrogens is 472 g/mol. The highest BCUT2D eigenvalue weighted by Gasteiger charge is 2.29. The van der Waals surface area contributed by atoms with Crippen molar-refractivity contribution in [3.05, 3.63) is 47.1 Å². The first-order valence-electron chi connectivity index (χ1n) is 11.0. The number of esters is 1. The van der Waals surface area contributed by atoms with E-state index < -0.39 is 5.97 Å². The Morgan fingerprint density at radius 2 is 1.74 bits per heavy atom. The lowest BCUT2D eigenvalue weighted by Gasteiger charge is -2.31. The van der Waals surface area contributed by atoms with Crippen LogP contribution in [0.4, 0.5) is 5.13 Å². The van der Waals surface area contributed by atoms with E-state index in [2.05, 4.69) is 15.3 Å². The monoisotopic (exact) mass is 498 g/mol. The second kappa shape index (κ2) is 10.6. The molecule has 2 amide bonds. The SMILES string of the molecule is COC(=O)c1cc(-c2csc(NC(=O)C3CCN(C(=O)c4cc(OC)cc(OC)c4)CC3)n2)c[nH]1. The molecule has 1 aliphatic rings. The van der Waals surface area contributed by atoms with Gasteiger partial charge >= 0.3 is 5.97 Å². The number of carbonyl (C=O) groups is 3. The largest absolute Gasteiger partial charge is 0.497 e. The molecule has 1 fully saturated rings. The molecule has 0 saturated carbocycles. The fourth-order valence-corrected chi connectivity index (χ4v) is 4.62. The quantitative estimate of drug-likeness (QED) is 0.479. The number of H-pyrrole nitrogens is 1. The summed E-state index contributed by atoms with van der Waals surface area (Å²) in [7, 11) is 4.39. The summed E-state index contributed by atoms with van der Waals surface area (Å²) >= 11 is 1.31. The summed E-state index contributed by atoms with van der Waals surface area (Å²) in [5.41, 5.74) is 2.18. The molecule has 0 spiro atoms. The van der Waals surface area contributed by atoms with Gasteiger partial charge in [0.05, 0.1) is 27.0 Å². The molecule has 1 saturated heterocycles. The molecule has 3 heterocycles. The average molecular weight is 499 g/mol. The minimum atomic E-state index is -0.463. The van der Waals surface area contributed by atoms with Crippen LogP contribution in [0.25, 0.3) is 11.3 Å². The van der Waals surface area contributed by atoms with Crippen molar-refractivity contribution in [2.24, 2.45) is 5.92 Å². The number of thiazole rings is 1. The Bertz CT molecular complexity index is 1210. The minimum absolute atomic E-state index is 0.120. The maximum atomic E-state index is 13.0. The van der Waals surface area contributed by atoms with Crippen LogP contribution in [0.15, 0.2) is 35.8 Å². The third-order valence-corrected chi connectivity index (χ3v) is 6.63. The molecule has 0 atom stereocenters. The third kappa shape index (κ3) is 5.46. The highest BCUT2D eigenvalue weighted by Crippen LogP contribution is 2.28. The van der Waals surface area contributed by atoms with E-state index in [4.69, 9.17) is 14.2 Å². The highest BCUT2D eigenvalue weighted by molar-refractivity contribution is 7.14. The van der Waals surface area contributed by atoms with Crippen LogP contribution in [0.1, 0.15) is 33.7 Å². The Kier molecular flexibility index (Phi) is 7.35. The molecule has 1 aliphatic heterocycles. The fraction of sp³-hybridized carbons (Fsp3) is 0.333. The number of amides is 2. The molecule has 35 heavy (non-hydrogen) atoms. The summed E-state index contributed by atoms with van der Waals surface area (Å²) in [5, 5.41) is 5.17. The number of methoxy groups -OCH3 is 3. The fourth-order valence-electron chi connectivity index (χ4n) is 3.90. The number of aromatic nitrogens is 2. The molecule has 3 aromatic rings. The van der Waals surface area contributed by atoms with Gasteiger partial charge in [0.1, 0.15) is 17.2 Å². The first kappa shape index (κ1) is 24.3. The van der Waals surface area contributed by atoms with E-state index in [0.717, 1.165) is 5.56 Å². The molecule has 11 heteroatoms. The zero-order chi connectivity index (χ0) is 24.9. The molecule has 2 N–H and O–H groups in total. The topological polar surface area (TPSA) is 123 Å². The van der Waals surface area contributed by atoms with Gasteiger partial charge in [-0.3, -0.25) is 9.59 Å². The lowest BCUT2D eigenvalue weighted by Crippen LogP contribution is -2.41. The van der Waals surface area contributed by atoms with Gasteiger partial charge in [-0.2, -0.15) is 0 Å². The number of hydrogen-bond acceptors (Lipinski definition) is 8. The van der Waals surface area contributed by atoms with E-state index in [1.165, 1.54) is 32.7 Å². The molecule has 0 aliphatic carbocycles. The molecule has 0 radical (unpaired) electrons. The van der Waals surface area contributed by atoms with Gasteiger partial charge < -0.3 is 29.4 Å². The second-order valence-electron chi connectivity index (χ2n) is 7.99. The molecule has 0 bridgehead atoms. The maximum absolute atomic E-state index is 13.0. The van der Waals surface area contributed by atoms with Crippen molar-refractivity contribution in [1.29, 1.82) is 0 Å². The Hall–Kier alpha value is -3.86. The number of likely N-dealkylation sites (tertiary alicyclic amines) is 1.